The second-order valence-corrected chi connectivity index (χ2v) is 9.49. The molecule has 0 atom stereocenters. The van der Waals surface area contributed by atoms with E-state index in [0.717, 1.165) is 0 Å². The van der Waals surface area contributed by atoms with Gasteiger partial charge in [0.1, 0.15) is 0 Å². The van der Waals surface area contributed by atoms with Gasteiger partial charge in [-0.25, -0.2) is 16.8 Å². The Kier molecular flexibility index (Phi) is 8.62. The molecule has 0 unspecified atom stereocenters. The van der Waals surface area contributed by atoms with Gasteiger partial charge in [0.05, 0.1) is 0 Å². The quantitative estimate of drug-likeness (QED) is 0.720. The number of sulfone groups is 2. The summed E-state index contributed by atoms with van der Waals surface area (Å²) in [6.45, 7) is 5.81. The summed E-state index contributed by atoms with van der Waals surface area (Å²) in [5.74, 6) is -0.285. The first-order valence-electron chi connectivity index (χ1n) is 5.63. The zero-order chi connectivity index (χ0) is 16.8. The van der Waals surface area contributed by atoms with E-state index in [2.05, 4.69) is 0 Å². The number of halogens is 4. The molecule has 0 aliphatic heterocycles. The van der Waals surface area contributed by atoms with Crippen molar-refractivity contribution in [1.29, 1.82) is 0 Å². The molecule has 0 saturated carbocycles. The van der Waals surface area contributed by atoms with Crippen LogP contribution in [0.15, 0.2) is 12.2 Å². The van der Waals surface area contributed by atoms with Crippen LogP contribution in [0.1, 0.15) is 34.1 Å². The van der Waals surface area contributed by atoms with Gasteiger partial charge in [-0.05, 0) is 13.3 Å². The lowest BCUT2D eigenvalue weighted by Crippen LogP contribution is -2.44. The van der Waals surface area contributed by atoms with Crippen LogP contribution < -0.4 is 0 Å². The first-order valence-corrected chi connectivity index (χ1v) is 8.94. The van der Waals surface area contributed by atoms with Crippen molar-refractivity contribution in [3.63, 3.8) is 0 Å². The van der Waals surface area contributed by atoms with Crippen molar-refractivity contribution >= 4 is 19.7 Å². The van der Waals surface area contributed by atoms with E-state index < -0.39 is 35.9 Å². The molecule has 0 aromatic heterocycles. The van der Waals surface area contributed by atoms with Crippen LogP contribution in [0.4, 0.5) is 17.6 Å². The van der Waals surface area contributed by atoms with Gasteiger partial charge in [0.25, 0.3) is 0 Å². The zero-order valence-electron chi connectivity index (χ0n) is 11.6. The minimum atomic E-state index is -3.57. The van der Waals surface area contributed by atoms with E-state index in [1.165, 1.54) is 20.8 Å². The van der Waals surface area contributed by atoms with E-state index in [1.807, 2.05) is 0 Å². The van der Waals surface area contributed by atoms with Crippen LogP contribution >= 0.6 is 0 Å². The maximum Gasteiger partial charge on any atom is 0.334 e. The van der Waals surface area contributed by atoms with Crippen LogP contribution in [0.3, 0.4) is 0 Å². The minimum Gasteiger partial charge on any atom is -0.227 e. The molecular formula is C10H18F4O4S2. The monoisotopic (exact) mass is 342 g/mol. The Labute approximate surface area is 116 Å². The first-order chi connectivity index (χ1) is 8.82. The van der Waals surface area contributed by atoms with Gasteiger partial charge in [-0.1, -0.05) is 20.8 Å². The summed E-state index contributed by atoms with van der Waals surface area (Å²) in [4.78, 5) is 0. The highest BCUT2D eigenvalue weighted by Crippen LogP contribution is 2.29. The zero-order valence-corrected chi connectivity index (χ0v) is 13.2. The van der Waals surface area contributed by atoms with E-state index in [1.54, 1.807) is 6.92 Å². The molecular weight excluding hydrogens is 324 g/mol. The lowest BCUT2D eigenvalue weighted by atomic mass is 10.4. The van der Waals surface area contributed by atoms with Crippen molar-refractivity contribution in [3.05, 3.63) is 12.2 Å². The molecule has 0 fully saturated rings. The van der Waals surface area contributed by atoms with Gasteiger partial charge in [0.2, 0.25) is 0 Å². The molecule has 122 valence electrons. The summed E-state index contributed by atoms with van der Waals surface area (Å²) in [7, 11) is -7.14. The molecule has 0 aromatic carbocycles. The highest BCUT2D eigenvalue weighted by atomic mass is 32.3. The minimum absolute atomic E-state index is 0.0966. The Balaban J connectivity index is 0. The van der Waals surface area contributed by atoms with Crippen LogP contribution in [-0.2, 0) is 19.7 Å². The van der Waals surface area contributed by atoms with Crippen molar-refractivity contribution in [1.82, 2.24) is 0 Å². The van der Waals surface area contributed by atoms with Gasteiger partial charge in [-0.15, -0.1) is 0 Å². The van der Waals surface area contributed by atoms with Crippen LogP contribution in [0.5, 0.6) is 0 Å². The maximum atomic E-state index is 11.7. The summed E-state index contributed by atoms with van der Waals surface area (Å²) in [5.41, 5.74) is 0. The summed E-state index contributed by atoms with van der Waals surface area (Å²) in [5, 5.41) is 0. The SMILES string of the molecule is CCC(C)(S(=O)(=O)CC)S(=O)(=O)CC.FC(F)=C(F)F. The molecule has 0 radical (unpaired) electrons. The number of rotatable bonds is 5. The Morgan fingerprint density at radius 3 is 1.15 bits per heavy atom. The molecule has 0 aliphatic carbocycles. The van der Waals surface area contributed by atoms with E-state index in [9.17, 15) is 34.4 Å². The molecule has 0 N–H and O–H groups in total. The fourth-order valence-corrected chi connectivity index (χ4v) is 5.60. The van der Waals surface area contributed by atoms with Gasteiger partial charge in [0, 0.05) is 11.5 Å². The molecule has 20 heavy (non-hydrogen) atoms. The topological polar surface area (TPSA) is 68.3 Å². The first kappa shape index (κ1) is 21.7. The predicted molar refractivity (Wildman–Crippen MR) is 69.1 cm³/mol. The highest BCUT2D eigenvalue weighted by molar-refractivity contribution is 8.10. The lowest BCUT2D eigenvalue weighted by molar-refractivity contribution is 0.308. The van der Waals surface area contributed by atoms with Crippen molar-refractivity contribution in [2.75, 3.05) is 11.5 Å². The molecule has 10 heteroatoms. The standard InChI is InChI=1S/C8H18O4S2.C2F4/c1-5-8(4,13(9,10)6-2)14(11,12)7-3;3-1(4)2(5)6/h5-7H2,1-4H3;. The molecule has 0 amide bonds. The fraction of sp³-hybridized carbons (Fsp3) is 0.800. The third-order valence-electron chi connectivity index (χ3n) is 2.86. The highest BCUT2D eigenvalue weighted by Gasteiger charge is 2.47. The third kappa shape index (κ3) is 5.04. The van der Waals surface area contributed by atoms with Crippen LogP contribution in [0.25, 0.3) is 0 Å². The Hall–Kier alpha value is -0.640. The van der Waals surface area contributed by atoms with E-state index in [-0.39, 0.29) is 17.9 Å². The number of hydrogen-bond acceptors (Lipinski definition) is 4. The maximum absolute atomic E-state index is 11.7. The summed E-state index contributed by atoms with van der Waals surface area (Å²) in [6.07, 6.45) is -5.72. The van der Waals surface area contributed by atoms with Crippen molar-refractivity contribution in [2.24, 2.45) is 0 Å². The van der Waals surface area contributed by atoms with Gasteiger partial charge in [-0.2, -0.15) is 17.6 Å². The molecule has 0 aromatic rings. The summed E-state index contributed by atoms with van der Waals surface area (Å²) in [6, 6.07) is 0. The normalized spacial score (nSPS) is 12.4. The van der Waals surface area contributed by atoms with Gasteiger partial charge >= 0.3 is 12.2 Å². The molecule has 0 aliphatic rings. The lowest BCUT2D eigenvalue weighted by Gasteiger charge is -2.26. The molecule has 0 bridgehead atoms. The molecule has 0 rings (SSSR count). The number of hydrogen-bond donors (Lipinski definition) is 0. The van der Waals surface area contributed by atoms with Crippen LogP contribution in [0.2, 0.25) is 0 Å². The van der Waals surface area contributed by atoms with Crippen LogP contribution in [0, 0.1) is 0 Å². The molecule has 0 heterocycles. The Morgan fingerprint density at radius 2 is 1.05 bits per heavy atom. The molecule has 0 spiro atoms. The predicted octanol–water partition coefficient (Wildman–Crippen LogP) is 2.97. The smallest absolute Gasteiger partial charge is 0.227 e. The Bertz CT molecular complexity index is 486. The summed E-state index contributed by atoms with van der Waals surface area (Å²) >= 11 is 0. The second-order valence-electron chi connectivity index (χ2n) is 3.82. The van der Waals surface area contributed by atoms with Gasteiger partial charge < -0.3 is 0 Å². The van der Waals surface area contributed by atoms with E-state index in [4.69, 9.17) is 0 Å². The van der Waals surface area contributed by atoms with Crippen molar-refractivity contribution in [3.8, 4) is 0 Å². The van der Waals surface area contributed by atoms with E-state index >= 15 is 0 Å². The van der Waals surface area contributed by atoms with Crippen molar-refractivity contribution < 1.29 is 34.4 Å². The van der Waals surface area contributed by atoms with Gasteiger partial charge in [-0.3, -0.25) is 0 Å². The molecule has 0 saturated heterocycles. The fourth-order valence-electron chi connectivity index (χ4n) is 1.24. The third-order valence-corrected chi connectivity index (χ3v) is 9.11. The molecule has 4 nitrogen and oxygen atoms in total. The average Bonchev–Trinajstić information content (AvgIpc) is 2.37. The van der Waals surface area contributed by atoms with E-state index in [0.29, 0.717) is 0 Å². The summed E-state index contributed by atoms with van der Waals surface area (Å²) < 4.78 is 86.2. The largest absolute Gasteiger partial charge is 0.334 e. The van der Waals surface area contributed by atoms with Crippen LogP contribution in [-0.4, -0.2) is 32.4 Å². The van der Waals surface area contributed by atoms with Crippen molar-refractivity contribution in [2.45, 2.75) is 38.2 Å². The average molecular weight is 342 g/mol. The second kappa shape index (κ2) is 7.96. The van der Waals surface area contributed by atoms with Gasteiger partial charge in [0.15, 0.2) is 23.8 Å². The Morgan fingerprint density at radius 1 is 0.800 bits per heavy atom.